The molecule has 0 aromatic carbocycles. The highest BCUT2D eigenvalue weighted by Gasteiger charge is 2.22. The molecule has 3 aromatic rings. The number of hydrogen-bond acceptors (Lipinski definition) is 9. The SMILES string of the molecule is COc1cc(-c2nn(C3CCOCC3)cc2-c2ccnc(NCCC#N)n2)cnc1N. The Morgan fingerprint density at radius 3 is 2.97 bits per heavy atom. The fourth-order valence-corrected chi connectivity index (χ4v) is 3.50. The Bertz CT molecular complexity index is 1090. The van der Waals surface area contributed by atoms with Crippen LogP contribution in [-0.2, 0) is 4.74 Å². The Labute approximate surface area is 180 Å². The van der Waals surface area contributed by atoms with Crippen molar-refractivity contribution in [3.05, 3.63) is 30.7 Å². The number of hydrogen-bond donors (Lipinski definition) is 2. The largest absolute Gasteiger partial charge is 0.493 e. The van der Waals surface area contributed by atoms with Crippen LogP contribution in [-0.4, -0.2) is 51.6 Å². The van der Waals surface area contributed by atoms with Gasteiger partial charge in [-0.1, -0.05) is 0 Å². The van der Waals surface area contributed by atoms with Crippen LogP contribution in [0.15, 0.2) is 30.7 Å². The van der Waals surface area contributed by atoms with Gasteiger partial charge in [-0.25, -0.2) is 15.0 Å². The molecule has 3 aromatic heterocycles. The Morgan fingerprint density at radius 1 is 1.35 bits per heavy atom. The minimum atomic E-state index is 0.250. The van der Waals surface area contributed by atoms with Gasteiger partial charge in [0, 0.05) is 49.5 Å². The molecular formula is C21H24N8O2. The van der Waals surface area contributed by atoms with Crippen LogP contribution < -0.4 is 15.8 Å². The Kier molecular flexibility index (Phi) is 6.24. The normalized spacial score (nSPS) is 14.2. The van der Waals surface area contributed by atoms with Crippen LogP contribution in [0.1, 0.15) is 25.3 Å². The number of nitrogens with one attached hydrogen (secondary N) is 1. The monoisotopic (exact) mass is 420 g/mol. The molecule has 0 bridgehead atoms. The van der Waals surface area contributed by atoms with Gasteiger partial charge in [-0.15, -0.1) is 0 Å². The molecule has 1 aliphatic rings. The first-order valence-electron chi connectivity index (χ1n) is 10.1. The van der Waals surface area contributed by atoms with E-state index in [9.17, 15) is 0 Å². The molecule has 1 aliphatic heterocycles. The highest BCUT2D eigenvalue weighted by molar-refractivity contribution is 5.79. The molecule has 10 nitrogen and oxygen atoms in total. The predicted molar refractivity (Wildman–Crippen MR) is 115 cm³/mol. The summed E-state index contributed by atoms with van der Waals surface area (Å²) in [6.07, 6.45) is 7.55. The zero-order chi connectivity index (χ0) is 21.6. The second-order valence-electron chi connectivity index (χ2n) is 7.13. The number of aromatic nitrogens is 5. The number of anilines is 2. The summed E-state index contributed by atoms with van der Waals surface area (Å²) in [4.78, 5) is 13.1. The topological polar surface area (TPSA) is 137 Å². The molecule has 160 valence electrons. The van der Waals surface area contributed by atoms with Crippen LogP contribution in [0.4, 0.5) is 11.8 Å². The van der Waals surface area contributed by atoms with Gasteiger partial charge in [0.1, 0.15) is 5.69 Å². The maximum absolute atomic E-state index is 8.75. The van der Waals surface area contributed by atoms with Gasteiger partial charge in [0.05, 0.1) is 31.3 Å². The van der Waals surface area contributed by atoms with E-state index in [-0.39, 0.29) is 6.04 Å². The number of methoxy groups -OCH3 is 1. The molecule has 0 amide bonds. The van der Waals surface area contributed by atoms with Gasteiger partial charge in [0.15, 0.2) is 11.6 Å². The highest BCUT2D eigenvalue weighted by atomic mass is 16.5. The van der Waals surface area contributed by atoms with Crippen LogP contribution >= 0.6 is 0 Å². The first-order valence-corrected chi connectivity index (χ1v) is 10.1. The molecule has 0 spiro atoms. The summed E-state index contributed by atoms with van der Waals surface area (Å²) in [7, 11) is 1.56. The number of nitriles is 1. The smallest absolute Gasteiger partial charge is 0.223 e. The van der Waals surface area contributed by atoms with Crippen LogP contribution in [0.25, 0.3) is 22.5 Å². The second-order valence-corrected chi connectivity index (χ2v) is 7.13. The number of nitrogen functional groups attached to an aromatic ring is 1. The number of rotatable bonds is 7. The van der Waals surface area contributed by atoms with Crippen molar-refractivity contribution in [2.45, 2.75) is 25.3 Å². The molecule has 4 rings (SSSR count). The predicted octanol–water partition coefficient (Wildman–Crippen LogP) is 2.67. The lowest BCUT2D eigenvalue weighted by atomic mass is 10.1. The van der Waals surface area contributed by atoms with Crippen molar-refractivity contribution >= 4 is 11.8 Å². The third-order valence-electron chi connectivity index (χ3n) is 5.12. The van der Waals surface area contributed by atoms with E-state index in [1.54, 1.807) is 19.5 Å². The van der Waals surface area contributed by atoms with Crippen molar-refractivity contribution in [3.63, 3.8) is 0 Å². The molecule has 3 N–H and O–H groups in total. The molecular weight excluding hydrogens is 396 g/mol. The van der Waals surface area contributed by atoms with E-state index in [1.165, 1.54) is 0 Å². The second kappa shape index (κ2) is 9.40. The number of nitrogens with two attached hydrogens (primary N) is 1. The average molecular weight is 420 g/mol. The van der Waals surface area contributed by atoms with Crippen molar-refractivity contribution in [3.8, 4) is 34.3 Å². The van der Waals surface area contributed by atoms with E-state index in [2.05, 4.69) is 26.3 Å². The van der Waals surface area contributed by atoms with Crippen LogP contribution in [0.3, 0.4) is 0 Å². The third-order valence-corrected chi connectivity index (χ3v) is 5.12. The standard InChI is InChI=1S/C21H24N8O2/c1-30-18-11-14(12-26-20(18)23)19-16(13-29(28-19)15-4-9-31-10-5-15)17-3-8-25-21(27-17)24-7-2-6-22/h3,8,11-13,15H,2,4-5,7,9-10H2,1H3,(H2,23,26)(H,24,25,27). The van der Waals surface area contributed by atoms with Crippen LogP contribution in [0, 0.1) is 11.3 Å². The van der Waals surface area contributed by atoms with Gasteiger partial charge < -0.3 is 20.5 Å². The first-order chi connectivity index (χ1) is 15.2. The van der Waals surface area contributed by atoms with Gasteiger partial charge in [0.25, 0.3) is 0 Å². The van der Waals surface area contributed by atoms with E-state index in [0.29, 0.717) is 43.7 Å². The van der Waals surface area contributed by atoms with E-state index < -0.39 is 0 Å². The number of nitrogens with zero attached hydrogens (tertiary/aromatic N) is 6. The molecule has 0 unspecified atom stereocenters. The molecule has 0 aliphatic carbocycles. The van der Waals surface area contributed by atoms with Crippen molar-refractivity contribution in [1.82, 2.24) is 24.7 Å². The number of pyridine rings is 1. The maximum atomic E-state index is 8.75. The molecule has 0 saturated carbocycles. The van der Waals surface area contributed by atoms with Gasteiger partial charge in [-0.05, 0) is 25.0 Å². The molecule has 1 fully saturated rings. The molecule has 10 heteroatoms. The quantitative estimate of drug-likeness (QED) is 0.553. The average Bonchev–Trinajstić information content (AvgIpc) is 3.26. The molecule has 0 atom stereocenters. The summed E-state index contributed by atoms with van der Waals surface area (Å²) in [5, 5.41) is 16.7. The molecule has 4 heterocycles. The van der Waals surface area contributed by atoms with Crippen LogP contribution in [0.2, 0.25) is 0 Å². The summed E-state index contributed by atoms with van der Waals surface area (Å²) in [5.41, 5.74) is 8.99. The lowest BCUT2D eigenvalue weighted by Crippen LogP contribution is -2.19. The van der Waals surface area contributed by atoms with Crippen LogP contribution in [0.5, 0.6) is 5.75 Å². The third kappa shape index (κ3) is 4.57. The Morgan fingerprint density at radius 2 is 2.19 bits per heavy atom. The minimum absolute atomic E-state index is 0.250. The summed E-state index contributed by atoms with van der Waals surface area (Å²) >= 11 is 0. The summed E-state index contributed by atoms with van der Waals surface area (Å²) in [6.45, 7) is 1.91. The summed E-state index contributed by atoms with van der Waals surface area (Å²) < 4.78 is 12.8. The summed E-state index contributed by atoms with van der Waals surface area (Å²) in [5.74, 6) is 1.28. The lowest BCUT2D eigenvalue weighted by molar-refractivity contribution is 0.0663. The fraction of sp³-hybridized carbons (Fsp3) is 0.381. The first kappa shape index (κ1) is 20.6. The Hall–Kier alpha value is -3.71. The van der Waals surface area contributed by atoms with Gasteiger partial charge in [-0.2, -0.15) is 10.4 Å². The lowest BCUT2D eigenvalue weighted by Gasteiger charge is -2.22. The van der Waals surface area contributed by atoms with Crippen molar-refractivity contribution in [2.24, 2.45) is 0 Å². The maximum Gasteiger partial charge on any atom is 0.223 e. The summed E-state index contributed by atoms with van der Waals surface area (Å²) in [6, 6.07) is 6.02. The van der Waals surface area contributed by atoms with E-state index in [1.807, 2.05) is 23.0 Å². The minimum Gasteiger partial charge on any atom is -0.493 e. The molecule has 0 radical (unpaired) electrons. The molecule has 31 heavy (non-hydrogen) atoms. The van der Waals surface area contributed by atoms with Crippen molar-refractivity contribution in [1.29, 1.82) is 5.26 Å². The van der Waals surface area contributed by atoms with Gasteiger partial charge in [0.2, 0.25) is 5.95 Å². The van der Waals surface area contributed by atoms with E-state index in [0.717, 1.165) is 35.4 Å². The van der Waals surface area contributed by atoms with Gasteiger partial charge in [-0.3, -0.25) is 4.68 Å². The fourth-order valence-electron chi connectivity index (χ4n) is 3.50. The molecule has 1 saturated heterocycles. The van der Waals surface area contributed by atoms with Crippen molar-refractivity contribution < 1.29 is 9.47 Å². The van der Waals surface area contributed by atoms with E-state index in [4.69, 9.17) is 25.6 Å². The van der Waals surface area contributed by atoms with Crippen molar-refractivity contribution in [2.75, 3.05) is 37.9 Å². The Balaban J connectivity index is 1.76. The zero-order valence-electron chi connectivity index (χ0n) is 17.3. The number of ether oxygens (including phenoxy) is 2. The zero-order valence-corrected chi connectivity index (χ0v) is 17.3. The highest BCUT2D eigenvalue weighted by Crippen LogP contribution is 2.35. The van der Waals surface area contributed by atoms with E-state index >= 15 is 0 Å². The van der Waals surface area contributed by atoms with Gasteiger partial charge >= 0.3 is 0 Å².